The number of hydrogen-bond donors (Lipinski definition) is 1. The van der Waals surface area contributed by atoms with Gasteiger partial charge in [-0.3, -0.25) is 0 Å². The average Bonchev–Trinajstić information content (AvgIpc) is 2.26. The fourth-order valence-corrected chi connectivity index (χ4v) is 3.76. The van der Waals surface area contributed by atoms with Gasteiger partial charge in [0.15, 0.2) is 0 Å². The molecule has 2 rings (SSSR count). The van der Waals surface area contributed by atoms with E-state index in [2.05, 4.69) is 23.7 Å². The SMILES string of the molecule is Cc1cc(C(N)=S)cc(N2CC(C)SC(C)C2)n1. The predicted octanol–water partition coefficient (Wildman–Crippen LogP) is 2.35. The molecule has 2 unspecified atom stereocenters. The lowest BCUT2D eigenvalue weighted by atomic mass is 10.2. The van der Waals surface area contributed by atoms with Crippen LogP contribution in [0.4, 0.5) is 5.82 Å². The van der Waals surface area contributed by atoms with Crippen LogP contribution in [-0.2, 0) is 0 Å². The third-order valence-corrected chi connectivity index (χ3v) is 4.43. The van der Waals surface area contributed by atoms with Crippen LogP contribution in [0.3, 0.4) is 0 Å². The highest BCUT2D eigenvalue weighted by Gasteiger charge is 2.23. The van der Waals surface area contributed by atoms with Crippen LogP contribution in [0.2, 0.25) is 0 Å². The smallest absolute Gasteiger partial charge is 0.129 e. The molecule has 0 bridgehead atoms. The Balaban J connectivity index is 2.29. The van der Waals surface area contributed by atoms with Crippen molar-refractivity contribution in [2.24, 2.45) is 5.73 Å². The summed E-state index contributed by atoms with van der Waals surface area (Å²) in [5, 5.41) is 1.26. The van der Waals surface area contributed by atoms with Crippen LogP contribution in [-0.4, -0.2) is 33.6 Å². The molecule has 2 N–H and O–H groups in total. The van der Waals surface area contributed by atoms with Crippen LogP contribution < -0.4 is 10.6 Å². The number of aryl methyl sites for hydroxylation is 1. The molecule has 98 valence electrons. The van der Waals surface area contributed by atoms with E-state index in [9.17, 15) is 0 Å². The Morgan fingerprint density at radius 2 is 2.00 bits per heavy atom. The van der Waals surface area contributed by atoms with E-state index in [1.807, 2.05) is 30.8 Å². The van der Waals surface area contributed by atoms with Crippen LogP contribution in [0.1, 0.15) is 25.1 Å². The summed E-state index contributed by atoms with van der Waals surface area (Å²) in [6.45, 7) is 8.57. The summed E-state index contributed by atoms with van der Waals surface area (Å²) in [7, 11) is 0. The van der Waals surface area contributed by atoms with Gasteiger partial charge in [0.2, 0.25) is 0 Å². The summed E-state index contributed by atoms with van der Waals surface area (Å²) >= 11 is 7.09. The average molecular weight is 281 g/mol. The number of pyridine rings is 1. The maximum absolute atomic E-state index is 5.72. The summed E-state index contributed by atoms with van der Waals surface area (Å²) in [5.41, 5.74) is 7.59. The minimum Gasteiger partial charge on any atom is -0.389 e. The first-order valence-corrected chi connectivity index (χ1v) is 7.49. The van der Waals surface area contributed by atoms with E-state index in [1.165, 1.54) is 0 Å². The Labute approximate surface area is 118 Å². The van der Waals surface area contributed by atoms with Crippen LogP contribution in [0.5, 0.6) is 0 Å². The molecule has 0 aromatic carbocycles. The van der Waals surface area contributed by atoms with Gasteiger partial charge in [-0.15, -0.1) is 0 Å². The highest BCUT2D eigenvalue weighted by atomic mass is 32.2. The highest BCUT2D eigenvalue weighted by Crippen LogP contribution is 2.28. The lowest BCUT2D eigenvalue weighted by molar-refractivity contribution is 0.717. The van der Waals surface area contributed by atoms with E-state index in [1.54, 1.807) is 0 Å². The molecule has 0 spiro atoms. The fraction of sp³-hybridized carbons (Fsp3) is 0.538. The van der Waals surface area contributed by atoms with Crippen molar-refractivity contribution in [3.05, 3.63) is 23.4 Å². The van der Waals surface area contributed by atoms with Crippen molar-refractivity contribution in [2.75, 3.05) is 18.0 Å². The van der Waals surface area contributed by atoms with Gasteiger partial charge in [-0.05, 0) is 19.1 Å². The number of aromatic nitrogens is 1. The number of nitrogens with two attached hydrogens (primary N) is 1. The standard InChI is InChI=1S/C13H19N3S2/c1-8-4-11(13(14)17)5-12(15-8)16-6-9(2)18-10(3)7-16/h4-5,9-10H,6-7H2,1-3H3,(H2,14,17). The lowest BCUT2D eigenvalue weighted by Gasteiger charge is -2.35. The molecule has 1 fully saturated rings. The number of thioether (sulfide) groups is 1. The first kappa shape index (κ1) is 13.6. The van der Waals surface area contributed by atoms with Crippen LogP contribution in [0.25, 0.3) is 0 Å². The molecular formula is C13H19N3S2. The Morgan fingerprint density at radius 1 is 1.39 bits per heavy atom. The minimum atomic E-state index is 0.439. The maximum atomic E-state index is 5.72. The van der Waals surface area contributed by atoms with Crippen molar-refractivity contribution >= 4 is 34.8 Å². The summed E-state index contributed by atoms with van der Waals surface area (Å²) in [5.74, 6) is 0.997. The molecule has 1 aromatic heterocycles. The molecule has 2 heterocycles. The zero-order valence-corrected chi connectivity index (χ0v) is 12.6. The highest BCUT2D eigenvalue weighted by molar-refractivity contribution is 8.00. The number of anilines is 1. The molecule has 3 nitrogen and oxygen atoms in total. The molecule has 0 amide bonds. The minimum absolute atomic E-state index is 0.439. The van der Waals surface area contributed by atoms with Gasteiger partial charge >= 0.3 is 0 Å². The zero-order valence-electron chi connectivity index (χ0n) is 11.0. The van der Waals surface area contributed by atoms with Gasteiger partial charge in [-0.25, -0.2) is 4.98 Å². The topological polar surface area (TPSA) is 42.1 Å². The predicted molar refractivity (Wildman–Crippen MR) is 83.6 cm³/mol. The molecule has 1 aliphatic rings. The molecule has 1 aliphatic heterocycles. The fourth-order valence-electron chi connectivity index (χ4n) is 2.32. The molecular weight excluding hydrogens is 262 g/mol. The molecule has 0 saturated carbocycles. The van der Waals surface area contributed by atoms with Crippen LogP contribution >= 0.6 is 24.0 Å². The van der Waals surface area contributed by atoms with Gasteiger partial charge in [0.25, 0.3) is 0 Å². The molecule has 1 aromatic rings. The summed E-state index contributed by atoms with van der Waals surface area (Å²) < 4.78 is 0. The van der Waals surface area contributed by atoms with E-state index in [-0.39, 0.29) is 0 Å². The Hall–Kier alpha value is -0.810. The third-order valence-electron chi connectivity index (χ3n) is 2.97. The first-order chi connectivity index (χ1) is 8.45. The summed E-state index contributed by atoms with van der Waals surface area (Å²) in [4.78, 5) is 7.38. The van der Waals surface area contributed by atoms with Gasteiger partial charge < -0.3 is 10.6 Å². The number of nitrogens with zero attached hydrogens (tertiary/aromatic N) is 2. The second-order valence-corrected chi connectivity index (χ2v) is 7.20. The molecule has 0 radical (unpaired) electrons. The van der Waals surface area contributed by atoms with E-state index in [0.717, 1.165) is 30.2 Å². The monoisotopic (exact) mass is 281 g/mol. The van der Waals surface area contributed by atoms with Gasteiger partial charge in [0.05, 0.1) is 0 Å². The second-order valence-electron chi connectivity index (χ2n) is 4.88. The number of hydrogen-bond acceptors (Lipinski definition) is 4. The van der Waals surface area contributed by atoms with Crippen molar-refractivity contribution in [3.8, 4) is 0 Å². The molecule has 1 saturated heterocycles. The molecule has 5 heteroatoms. The van der Waals surface area contributed by atoms with Crippen molar-refractivity contribution in [2.45, 2.75) is 31.3 Å². The molecule has 0 aliphatic carbocycles. The maximum Gasteiger partial charge on any atom is 0.129 e. The number of rotatable bonds is 2. The van der Waals surface area contributed by atoms with Gasteiger partial charge in [-0.1, -0.05) is 26.1 Å². The van der Waals surface area contributed by atoms with E-state index >= 15 is 0 Å². The van der Waals surface area contributed by atoms with Crippen molar-refractivity contribution in [3.63, 3.8) is 0 Å². The quantitative estimate of drug-likeness (QED) is 0.843. The zero-order chi connectivity index (χ0) is 13.3. The van der Waals surface area contributed by atoms with Crippen molar-refractivity contribution in [1.29, 1.82) is 0 Å². The van der Waals surface area contributed by atoms with Gasteiger partial charge in [0.1, 0.15) is 10.8 Å². The Bertz CT molecular complexity index is 452. The normalized spacial score (nSPS) is 24.1. The van der Waals surface area contributed by atoms with E-state index in [4.69, 9.17) is 18.0 Å². The molecule has 2 atom stereocenters. The van der Waals surface area contributed by atoms with Gasteiger partial charge in [-0.2, -0.15) is 11.8 Å². The first-order valence-electron chi connectivity index (χ1n) is 6.14. The lowest BCUT2D eigenvalue weighted by Crippen LogP contribution is -2.41. The molecule has 18 heavy (non-hydrogen) atoms. The summed E-state index contributed by atoms with van der Waals surface area (Å²) in [6, 6.07) is 3.95. The van der Waals surface area contributed by atoms with E-state index in [0.29, 0.717) is 15.5 Å². The van der Waals surface area contributed by atoms with E-state index < -0.39 is 0 Å². The Morgan fingerprint density at radius 3 is 2.56 bits per heavy atom. The summed E-state index contributed by atoms with van der Waals surface area (Å²) in [6.07, 6.45) is 0. The number of thiocarbonyl (C=S) groups is 1. The van der Waals surface area contributed by atoms with Crippen molar-refractivity contribution in [1.82, 2.24) is 4.98 Å². The van der Waals surface area contributed by atoms with Crippen molar-refractivity contribution < 1.29 is 0 Å². The van der Waals surface area contributed by atoms with Crippen LogP contribution in [0.15, 0.2) is 12.1 Å². The third kappa shape index (κ3) is 3.14. The Kier molecular flexibility index (Phi) is 4.12. The largest absolute Gasteiger partial charge is 0.389 e. The van der Waals surface area contributed by atoms with Crippen LogP contribution in [0, 0.1) is 6.92 Å². The second kappa shape index (κ2) is 5.45. The van der Waals surface area contributed by atoms with Gasteiger partial charge in [0, 0.05) is 34.8 Å².